The lowest BCUT2D eigenvalue weighted by Crippen LogP contribution is -2.23. The van der Waals surface area contributed by atoms with Crippen LogP contribution in [0.1, 0.15) is 47.8 Å². The highest BCUT2D eigenvalue weighted by Crippen LogP contribution is 2.15. The molecule has 0 aliphatic carbocycles. The van der Waals surface area contributed by atoms with Gasteiger partial charge in [0, 0.05) is 20.6 Å². The summed E-state index contributed by atoms with van der Waals surface area (Å²) >= 11 is 0. The second-order valence-electron chi connectivity index (χ2n) is 6.53. The van der Waals surface area contributed by atoms with Gasteiger partial charge in [0.25, 0.3) is 5.91 Å². The second kappa shape index (κ2) is 8.48. The van der Waals surface area contributed by atoms with Gasteiger partial charge in [0.2, 0.25) is 0 Å². The Morgan fingerprint density at radius 2 is 1.83 bits per heavy atom. The Morgan fingerprint density at radius 1 is 1.12 bits per heavy atom. The van der Waals surface area contributed by atoms with Crippen LogP contribution in [0.2, 0.25) is 0 Å². The number of pyridine rings is 1. The van der Waals surface area contributed by atoms with Crippen LogP contribution in [0.5, 0.6) is 0 Å². The highest BCUT2D eigenvalue weighted by atomic mass is 16.2. The Balaban J connectivity index is 1.82. The van der Waals surface area contributed by atoms with Gasteiger partial charge < -0.3 is 10.2 Å². The molecule has 1 heterocycles. The van der Waals surface area contributed by atoms with Gasteiger partial charge in [-0.2, -0.15) is 0 Å². The fourth-order valence-corrected chi connectivity index (χ4v) is 2.46. The van der Waals surface area contributed by atoms with Gasteiger partial charge in [-0.05, 0) is 42.0 Å². The largest absolute Gasteiger partial charge is 0.370 e. The summed E-state index contributed by atoms with van der Waals surface area (Å²) in [5.74, 6) is 1.24. The fraction of sp³-hybridized carbons (Fsp3) is 0.400. The number of aromatic nitrogens is 1. The van der Waals surface area contributed by atoms with Crippen molar-refractivity contribution >= 4 is 11.7 Å². The van der Waals surface area contributed by atoms with Crippen molar-refractivity contribution in [3.8, 4) is 0 Å². The van der Waals surface area contributed by atoms with Crippen molar-refractivity contribution in [2.24, 2.45) is 0 Å². The van der Waals surface area contributed by atoms with Gasteiger partial charge in [0.1, 0.15) is 11.5 Å². The zero-order valence-corrected chi connectivity index (χ0v) is 15.0. The van der Waals surface area contributed by atoms with Gasteiger partial charge in [-0.1, -0.05) is 44.2 Å². The Kier molecular flexibility index (Phi) is 6.36. The number of amides is 1. The molecule has 0 saturated carbocycles. The first-order valence-corrected chi connectivity index (χ1v) is 8.49. The summed E-state index contributed by atoms with van der Waals surface area (Å²) in [5.41, 5.74) is 3.20. The van der Waals surface area contributed by atoms with Crippen LogP contribution >= 0.6 is 0 Å². The van der Waals surface area contributed by atoms with Crippen LogP contribution in [-0.4, -0.2) is 36.4 Å². The zero-order chi connectivity index (χ0) is 17.5. The van der Waals surface area contributed by atoms with E-state index in [1.54, 1.807) is 20.2 Å². The molecule has 1 amide bonds. The summed E-state index contributed by atoms with van der Waals surface area (Å²) in [6.07, 6.45) is 2.05. The average molecular weight is 325 g/mol. The van der Waals surface area contributed by atoms with E-state index in [9.17, 15) is 4.79 Å². The van der Waals surface area contributed by atoms with Gasteiger partial charge in [-0.3, -0.25) is 4.79 Å². The van der Waals surface area contributed by atoms with Gasteiger partial charge in [-0.25, -0.2) is 4.98 Å². The van der Waals surface area contributed by atoms with Gasteiger partial charge in [-0.15, -0.1) is 0 Å². The fourth-order valence-electron chi connectivity index (χ4n) is 2.46. The molecule has 0 fully saturated rings. The first-order valence-electron chi connectivity index (χ1n) is 8.49. The van der Waals surface area contributed by atoms with E-state index in [1.807, 2.05) is 12.1 Å². The summed E-state index contributed by atoms with van der Waals surface area (Å²) in [7, 11) is 3.46. The minimum Gasteiger partial charge on any atom is -0.370 e. The molecule has 24 heavy (non-hydrogen) atoms. The standard InChI is InChI=1S/C20H27N3O/c1-15(2)17-12-10-16(11-13-17)7-6-14-21-19-9-5-8-18(22-19)20(24)23(3)4/h5,8-13,15H,6-7,14H2,1-4H3,(H,21,22). The number of aryl methyl sites for hydroxylation is 1. The first-order chi connectivity index (χ1) is 11.5. The summed E-state index contributed by atoms with van der Waals surface area (Å²) < 4.78 is 0. The van der Waals surface area contributed by atoms with Crippen LogP contribution in [0, 0.1) is 0 Å². The van der Waals surface area contributed by atoms with Crippen LogP contribution < -0.4 is 5.32 Å². The molecule has 128 valence electrons. The summed E-state index contributed by atoms with van der Waals surface area (Å²) in [6.45, 7) is 5.25. The number of nitrogens with zero attached hydrogens (tertiary/aromatic N) is 2. The van der Waals surface area contributed by atoms with Crippen LogP contribution in [0.3, 0.4) is 0 Å². The molecule has 0 unspecified atom stereocenters. The number of carbonyl (C=O) groups is 1. The van der Waals surface area contributed by atoms with Crippen LogP contribution in [0.15, 0.2) is 42.5 Å². The molecule has 4 nitrogen and oxygen atoms in total. The van der Waals surface area contributed by atoms with E-state index in [0.717, 1.165) is 25.2 Å². The van der Waals surface area contributed by atoms with Crippen LogP contribution in [0.25, 0.3) is 0 Å². The lowest BCUT2D eigenvalue weighted by atomic mass is 10.0. The van der Waals surface area contributed by atoms with Crippen molar-refractivity contribution in [2.45, 2.75) is 32.6 Å². The zero-order valence-electron chi connectivity index (χ0n) is 15.0. The molecular weight excluding hydrogens is 298 g/mol. The molecule has 0 radical (unpaired) electrons. The van der Waals surface area contributed by atoms with Crippen LogP contribution in [0.4, 0.5) is 5.82 Å². The molecule has 0 aliphatic rings. The molecule has 0 saturated heterocycles. The molecule has 1 N–H and O–H groups in total. The average Bonchev–Trinajstić information content (AvgIpc) is 2.58. The summed E-state index contributed by atoms with van der Waals surface area (Å²) in [4.78, 5) is 17.8. The minimum absolute atomic E-state index is 0.0797. The van der Waals surface area contributed by atoms with E-state index in [0.29, 0.717) is 11.6 Å². The Morgan fingerprint density at radius 3 is 2.46 bits per heavy atom. The molecule has 0 aliphatic heterocycles. The van der Waals surface area contributed by atoms with Gasteiger partial charge in [0.05, 0.1) is 0 Å². The topological polar surface area (TPSA) is 45.2 Å². The third-order valence-corrected chi connectivity index (χ3v) is 3.97. The lowest BCUT2D eigenvalue weighted by molar-refractivity contribution is 0.0822. The molecule has 2 rings (SSSR count). The SMILES string of the molecule is CC(C)c1ccc(CCCNc2cccc(C(=O)N(C)C)n2)cc1. The summed E-state index contributed by atoms with van der Waals surface area (Å²) in [5, 5.41) is 3.30. The van der Waals surface area contributed by atoms with Crippen molar-refractivity contribution in [3.63, 3.8) is 0 Å². The van der Waals surface area contributed by atoms with Crippen molar-refractivity contribution in [1.29, 1.82) is 0 Å². The van der Waals surface area contributed by atoms with E-state index in [1.165, 1.54) is 16.0 Å². The number of nitrogens with one attached hydrogen (secondary N) is 1. The highest BCUT2D eigenvalue weighted by molar-refractivity contribution is 5.92. The quantitative estimate of drug-likeness (QED) is 0.784. The minimum atomic E-state index is -0.0797. The molecule has 0 spiro atoms. The van der Waals surface area contributed by atoms with E-state index >= 15 is 0 Å². The smallest absolute Gasteiger partial charge is 0.272 e. The number of hydrogen-bond acceptors (Lipinski definition) is 3. The number of anilines is 1. The molecule has 0 bridgehead atoms. The van der Waals surface area contributed by atoms with Crippen molar-refractivity contribution in [1.82, 2.24) is 9.88 Å². The molecule has 1 aromatic heterocycles. The number of benzene rings is 1. The number of hydrogen-bond donors (Lipinski definition) is 1. The Labute approximate surface area is 144 Å². The van der Waals surface area contributed by atoms with E-state index in [2.05, 4.69) is 48.4 Å². The predicted molar refractivity (Wildman–Crippen MR) is 99.6 cm³/mol. The maximum atomic E-state index is 11.9. The number of carbonyl (C=O) groups excluding carboxylic acids is 1. The Bertz CT molecular complexity index is 663. The third-order valence-electron chi connectivity index (χ3n) is 3.97. The second-order valence-corrected chi connectivity index (χ2v) is 6.53. The predicted octanol–water partition coefficient (Wildman–Crippen LogP) is 3.95. The maximum absolute atomic E-state index is 11.9. The summed E-state index contributed by atoms with van der Waals surface area (Å²) in [6, 6.07) is 14.3. The lowest BCUT2D eigenvalue weighted by Gasteiger charge is -2.11. The van der Waals surface area contributed by atoms with E-state index in [4.69, 9.17) is 0 Å². The molecular formula is C20H27N3O. The molecule has 4 heteroatoms. The molecule has 2 aromatic rings. The Hall–Kier alpha value is -2.36. The maximum Gasteiger partial charge on any atom is 0.272 e. The van der Waals surface area contributed by atoms with E-state index < -0.39 is 0 Å². The van der Waals surface area contributed by atoms with Crippen molar-refractivity contribution in [2.75, 3.05) is 26.0 Å². The van der Waals surface area contributed by atoms with Gasteiger partial charge in [0.15, 0.2) is 0 Å². The number of rotatable bonds is 7. The monoisotopic (exact) mass is 325 g/mol. The van der Waals surface area contributed by atoms with Crippen molar-refractivity contribution < 1.29 is 4.79 Å². The van der Waals surface area contributed by atoms with Crippen LogP contribution in [-0.2, 0) is 6.42 Å². The third kappa shape index (κ3) is 5.08. The normalized spacial score (nSPS) is 10.7. The molecule has 1 aromatic carbocycles. The van der Waals surface area contributed by atoms with Crippen molar-refractivity contribution in [3.05, 3.63) is 59.3 Å². The van der Waals surface area contributed by atoms with Gasteiger partial charge >= 0.3 is 0 Å². The first kappa shape index (κ1) is 18.0. The highest BCUT2D eigenvalue weighted by Gasteiger charge is 2.09. The molecule has 0 atom stereocenters. The van der Waals surface area contributed by atoms with E-state index in [-0.39, 0.29) is 5.91 Å².